The van der Waals surface area contributed by atoms with Gasteiger partial charge in [0.2, 0.25) is 0 Å². The zero-order valence-corrected chi connectivity index (χ0v) is 17.2. The van der Waals surface area contributed by atoms with Crippen molar-refractivity contribution in [2.45, 2.75) is 33.5 Å². The number of aryl methyl sites for hydroxylation is 1. The summed E-state index contributed by atoms with van der Waals surface area (Å²) in [4.78, 5) is 16.2. The number of benzene rings is 2. The van der Waals surface area contributed by atoms with Crippen molar-refractivity contribution in [2.75, 3.05) is 0 Å². The number of aromatic nitrogens is 1. The molecule has 3 rings (SSSR count). The zero-order chi connectivity index (χ0) is 21.0. The fourth-order valence-corrected chi connectivity index (χ4v) is 2.97. The van der Waals surface area contributed by atoms with Gasteiger partial charge in [-0.1, -0.05) is 23.2 Å². The highest BCUT2D eigenvalue weighted by Gasteiger charge is 2.16. The Kier molecular flexibility index (Phi) is 6.39. The van der Waals surface area contributed by atoms with E-state index in [4.69, 9.17) is 21.1 Å². The van der Waals surface area contributed by atoms with Gasteiger partial charge in [-0.15, -0.1) is 0 Å². The van der Waals surface area contributed by atoms with Gasteiger partial charge >= 0.3 is 5.97 Å². The van der Waals surface area contributed by atoms with Crippen molar-refractivity contribution in [1.82, 2.24) is 4.98 Å². The molecule has 0 saturated heterocycles. The van der Waals surface area contributed by atoms with Crippen LogP contribution in [0.15, 0.2) is 54.6 Å². The lowest BCUT2D eigenvalue weighted by atomic mass is 10.0. The lowest BCUT2D eigenvalue weighted by Crippen LogP contribution is -2.10. The fraction of sp³-hybridized carbons (Fsp3) is 0.217. The van der Waals surface area contributed by atoms with Crippen molar-refractivity contribution in [1.29, 1.82) is 0 Å². The van der Waals surface area contributed by atoms with E-state index in [-0.39, 0.29) is 18.3 Å². The molecule has 150 valence electrons. The average molecular weight is 412 g/mol. The summed E-state index contributed by atoms with van der Waals surface area (Å²) < 4.78 is 11.6. The first kappa shape index (κ1) is 20.7. The molecule has 0 radical (unpaired) electrons. The minimum absolute atomic E-state index is 0.00228. The van der Waals surface area contributed by atoms with Gasteiger partial charge < -0.3 is 14.6 Å². The molecule has 1 N–H and O–H groups in total. The second-order valence-electron chi connectivity index (χ2n) is 6.90. The van der Waals surface area contributed by atoms with E-state index < -0.39 is 5.97 Å². The molecule has 0 aliphatic heterocycles. The van der Waals surface area contributed by atoms with Crippen molar-refractivity contribution >= 4 is 17.6 Å². The largest absolute Gasteiger partial charge is 0.490 e. The van der Waals surface area contributed by atoms with Gasteiger partial charge in [-0.25, -0.2) is 9.78 Å². The molecule has 29 heavy (non-hydrogen) atoms. The maximum Gasteiger partial charge on any atom is 0.337 e. The molecule has 1 aromatic heterocycles. The summed E-state index contributed by atoms with van der Waals surface area (Å²) in [6, 6.07) is 16.0. The van der Waals surface area contributed by atoms with Crippen molar-refractivity contribution in [3.05, 3.63) is 76.4 Å². The van der Waals surface area contributed by atoms with Gasteiger partial charge in [-0.05, 0) is 69.3 Å². The number of halogens is 1. The lowest BCUT2D eigenvalue weighted by molar-refractivity contribution is 0.0693. The number of hydrogen-bond acceptors (Lipinski definition) is 4. The number of nitrogens with zero attached hydrogens (tertiary/aromatic N) is 1. The lowest BCUT2D eigenvalue weighted by Gasteiger charge is -2.16. The van der Waals surface area contributed by atoms with Crippen LogP contribution in [-0.4, -0.2) is 22.2 Å². The van der Waals surface area contributed by atoms with E-state index in [1.807, 2.05) is 39.0 Å². The fourth-order valence-electron chi connectivity index (χ4n) is 2.84. The van der Waals surface area contributed by atoms with Gasteiger partial charge in [0.05, 0.1) is 23.1 Å². The zero-order valence-electron chi connectivity index (χ0n) is 16.5. The maximum absolute atomic E-state index is 11.7. The average Bonchev–Trinajstić information content (AvgIpc) is 2.68. The van der Waals surface area contributed by atoms with Gasteiger partial charge in [-0.2, -0.15) is 0 Å². The van der Waals surface area contributed by atoms with Gasteiger partial charge in [0.15, 0.2) is 0 Å². The first-order chi connectivity index (χ1) is 13.8. The van der Waals surface area contributed by atoms with Crippen LogP contribution < -0.4 is 9.47 Å². The smallest absolute Gasteiger partial charge is 0.337 e. The molecular formula is C23H22ClNO4. The summed E-state index contributed by atoms with van der Waals surface area (Å²) in [5.74, 6) is 0.227. The van der Waals surface area contributed by atoms with Crippen LogP contribution in [0.2, 0.25) is 5.02 Å². The number of carbonyl (C=O) groups is 1. The number of hydrogen-bond donors (Lipinski definition) is 1. The molecule has 0 atom stereocenters. The Morgan fingerprint density at radius 3 is 2.48 bits per heavy atom. The third kappa shape index (κ3) is 5.27. The van der Waals surface area contributed by atoms with Crippen LogP contribution in [-0.2, 0) is 6.61 Å². The van der Waals surface area contributed by atoms with E-state index in [0.717, 1.165) is 11.1 Å². The maximum atomic E-state index is 11.7. The number of carboxylic acid groups (broad SMARTS) is 1. The Labute approximate surface area is 174 Å². The Hall–Kier alpha value is -3.05. The van der Waals surface area contributed by atoms with Gasteiger partial charge in [0.1, 0.15) is 18.1 Å². The Bertz CT molecular complexity index is 1020. The summed E-state index contributed by atoms with van der Waals surface area (Å²) >= 11 is 5.89. The number of rotatable bonds is 7. The topological polar surface area (TPSA) is 68.7 Å². The molecular weight excluding hydrogens is 390 g/mol. The molecule has 0 aliphatic rings. The van der Waals surface area contributed by atoms with Crippen LogP contribution in [0.1, 0.15) is 35.5 Å². The summed E-state index contributed by atoms with van der Waals surface area (Å²) in [6.45, 7) is 5.91. The molecule has 1 heterocycles. The standard InChI is InChI=1S/C23H22ClNO4/c1-14(2)29-22-11-4-15(3)12-19(22)20-10-9-18(23(26)27)21(25-20)13-28-17-7-5-16(24)6-8-17/h4-12,14H,13H2,1-3H3,(H,26,27). The minimum Gasteiger partial charge on any atom is -0.490 e. The van der Waals surface area contributed by atoms with E-state index >= 15 is 0 Å². The first-order valence-corrected chi connectivity index (χ1v) is 9.60. The van der Waals surface area contributed by atoms with E-state index in [1.54, 1.807) is 36.4 Å². The molecule has 0 amide bonds. The molecule has 2 aromatic carbocycles. The molecule has 0 spiro atoms. The molecule has 0 aliphatic carbocycles. The van der Waals surface area contributed by atoms with Crippen LogP contribution in [0, 0.1) is 6.92 Å². The second-order valence-corrected chi connectivity index (χ2v) is 7.34. The van der Waals surface area contributed by atoms with E-state index in [1.165, 1.54) is 0 Å². The summed E-state index contributed by atoms with van der Waals surface area (Å²) in [7, 11) is 0. The number of ether oxygens (including phenoxy) is 2. The highest BCUT2D eigenvalue weighted by atomic mass is 35.5. The van der Waals surface area contributed by atoms with Crippen LogP contribution in [0.5, 0.6) is 11.5 Å². The van der Waals surface area contributed by atoms with Crippen LogP contribution in [0.3, 0.4) is 0 Å². The number of pyridine rings is 1. The van der Waals surface area contributed by atoms with E-state index in [0.29, 0.717) is 27.9 Å². The molecule has 3 aromatic rings. The summed E-state index contributed by atoms with van der Waals surface area (Å²) in [5, 5.41) is 10.1. The minimum atomic E-state index is -1.05. The molecule has 0 saturated carbocycles. The van der Waals surface area contributed by atoms with E-state index in [2.05, 4.69) is 4.98 Å². The predicted molar refractivity (Wildman–Crippen MR) is 113 cm³/mol. The Morgan fingerprint density at radius 1 is 1.10 bits per heavy atom. The molecule has 5 nitrogen and oxygen atoms in total. The molecule has 0 fully saturated rings. The van der Waals surface area contributed by atoms with Crippen molar-refractivity contribution in [3.63, 3.8) is 0 Å². The normalized spacial score (nSPS) is 10.8. The van der Waals surface area contributed by atoms with Crippen molar-refractivity contribution in [3.8, 4) is 22.8 Å². The molecule has 0 unspecified atom stereocenters. The predicted octanol–water partition coefficient (Wildman–Crippen LogP) is 5.77. The summed E-state index contributed by atoms with van der Waals surface area (Å²) in [5.41, 5.74) is 2.93. The number of aromatic carboxylic acids is 1. The third-order valence-corrected chi connectivity index (χ3v) is 4.42. The summed E-state index contributed by atoms with van der Waals surface area (Å²) in [6.07, 6.45) is 0.00228. The van der Waals surface area contributed by atoms with Gasteiger partial charge in [-0.3, -0.25) is 0 Å². The Morgan fingerprint density at radius 2 is 1.83 bits per heavy atom. The van der Waals surface area contributed by atoms with Crippen LogP contribution in [0.25, 0.3) is 11.3 Å². The SMILES string of the molecule is Cc1ccc(OC(C)C)c(-c2ccc(C(=O)O)c(COc3ccc(Cl)cc3)n2)c1. The molecule has 6 heteroatoms. The highest BCUT2D eigenvalue weighted by Crippen LogP contribution is 2.31. The molecule has 0 bridgehead atoms. The van der Waals surface area contributed by atoms with Crippen molar-refractivity contribution in [2.24, 2.45) is 0 Å². The van der Waals surface area contributed by atoms with Crippen molar-refractivity contribution < 1.29 is 19.4 Å². The monoisotopic (exact) mass is 411 g/mol. The second kappa shape index (κ2) is 8.97. The quantitative estimate of drug-likeness (QED) is 0.534. The Balaban J connectivity index is 1.97. The van der Waals surface area contributed by atoms with Crippen LogP contribution >= 0.6 is 11.6 Å². The number of carboxylic acids is 1. The third-order valence-electron chi connectivity index (χ3n) is 4.17. The first-order valence-electron chi connectivity index (χ1n) is 9.22. The van der Waals surface area contributed by atoms with Gasteiger partial charge in [0, 0.05) is 10.6 Å². The van der Waals surface area contributed by atoms with E-state index in [9.17, 15) is 9.90 Å². The van der Waals surface area contributed by atoms with Crippen LogP contribution in [0.4, 0.5) is 0 Å². The van der Waals surface area contributed by atoms with Gasteiger partial charge in [0.25, 0.3) is 0 Å². The highest BCUT2D eigenvalue weighted by molar-refractivity contribution is 6.30.